The molecule has 1 unspecified atom stereocenters. The summed E-state index contributed by atoms with van der Waals surface area (Å²) in [5.41, 5.74) is 3.62. The van der Waals surface area contributed by atoms with Crippen LogP contribution in [0, 0.1) is 5.92 Å². The highest BCUT2D eigenvalue weighted by molar-refractivity contribution is 5.82. The van der Waals surface area contributed by atoms with Crippen molar-refractivity contribution in [3.05, 3.63) is 126 Å². The van der Waals surface area contributed by atoms with E-state index in [1.54, 1.807) is 12.7 Å². The van der Waals surface area contributed by atoms with Gasteiger partial charge in [0.25, 0.3) is 0 Å². The van der Waals surface area contributed by atoms with Gasteiger partial charge in [0, 0.05) is 37.9 Å². The predicted octanol–water partition coefficient (Wildman–Crippen LogP) is 6.01. The summed E-state index contributed by atoms with van der Waals surface area (Å²) in [6, 6.07) is 33.8. The third-order valence-corrected chi connectivity index (χ3v) is 7.90. The van der Waals surface area contributed by atoms with Crippen LogP contribution in [0.3, 0.4) is 0 Å². The third kappa shape index (κ3) is 7.42. The fourth-order valence-corrected chi connectivity index (χ4v) is 5.80. The molecule has 1 aliphatic rings. The van der Waals surface area contributed by atoms with Gasteiger partial charge in [-0.1, -0.05) is 78.9 Å². The van der Waals surface area contributed by atoms with Gasteiger partial charge in [-0.3, -0.25) is 4.68 Å². The van der Waals surface area contributed by atoms with E-state index < -0.39 is 0 Å². The number of benzene rings is 4. The minimum atomic E-state index is 0.0206. The smallest absolute Gasteiger partial charge is 0.137 e. The maximum atomic E-state index is 6.65. The molecule has 0 amide bonds. The minimum Gasteiger partial charge on any atom is -0.494 e. The van der Waals surface area contributed by atoms with Crippen LogP contribution >= 0.6 is 0 Å². The molecule has 7 nitrogen and oxygen atoms in total. The summed E-state index contributed by atoms with van der Waals surface area (Å²) in [5.74, 6) is 1.38. The molecule has 7 heteroatoms. The Labute approximate surface area is 247 Å². The van der Waals surface area contributed by atoms with Crippen LogP contribution in [0.4, 0.5) is 0 Å². The summed E-state index contributed by atoms with van der Waals surface area (Å²) in [7, 11) is 0. The number of rotatable bonds is 13. The molecule has 1 N–H and O–H groups in total. The Bertz CT molecular complexity index is 1510. The summed E-state index contributed by atoms with van der Waals surface area (Å²) in [5, 5.41) is 10.5. The van der Waals surface area contributed by atoms with Crippen molar-refractivity contribution in [2.45, 2.75) is 38.2 Å². The Hall–Kier alpha value is -4.04. The van der Waals surface area contributed by atoms with E-state index >= 15 is 0 Å². The Morgan fingerprint density at radius 1 is 0.786 bits per heavy atom. The number of aromatic nitrogens is 3. The minimum absolute atomic E-state index is 0.0206. The highest BCUT2D eigenvalue weighted by Gasteiger charge is 2.35. The molecule has 3 atom stereocenters. The molecule has 2 heterocycles. The molecule has 0 spiro atoms. The van der Waals surface area contributed by atoms with Gasteiger partial charge in [-0.25, -0.2) is 4.98 Å². The lowest BCUT2D eigenvalue weighted by molar-refractivity contribution is -0.00906. The van der Waals surface area contributed by atoms with Crippen molar-refractivity contribution in [3.8, 4) is 5.75 Å². The number of hydrogen-bond acceptors (Lipinski definition) is 6. The van der Waals surface area contributed by atoms with Crippen molar-refractivity contribution in [1.82, 2.24) is 20.1 Å². The molecule has 42 heavy (non-hydrogen) atoms. The molecule has 6 rings (SSSR count). The van der Waals surface area contributed by atoms with Gasteiger partial charge in [-0.2, -0.15) is 5.10 Å². The van der Waals surface area contributed by atoms with Crippen molar-refractivity contribution in [3.63, 3.8) is 0 Å². The van der Waals surface area contributed by atoms with E-state index in [4.69, 9.17) is 14.2 Å². The molecule has 0 bridgehead atoms. The van der Waals surface area contributed by atoms with Crippen LogP contribution in [0.5, 0.6) is 5.75 Å². The quantitative estimate of drug-likeness (QED) is 0.177. The third-order valence-electron chi connectivity index (χ3n) is 7.90. The Morgan fingerprint density at radius 2 is 1.62 bits per heavy atom. The standard InChI is InChI=1S/C35H38N4O3/c1-2-7-27(8-3-1)23-40-17-6-18-41-33-15-13-30(14-16-33)35-32(22-39-26-37-25-38-39)20-36-21-34(35)42-24-28-11-12-29-9-4-5-10-31(29)19-28/h1-5,7-16,19,25-26,32,34-36H,6,17-18,20-24H2/t32?,34-,35-/m0/s1. The van der Waals surface area contributed by atoms with Crippen molar-refractivity contribution in [1.29, 1.82) is 0 Å². The van der Waals surface area contributed by atoms with Crippen LogP contribution < -0.4 is 10.1 Å². The van der Waals surface area contributed by atoms with E-state index in [-0.39, 0.29) is 12.0 Å². The fraction of sp³-hybridized carbons (Fsp3) is 0.314. The van der Waals surface area contributed by atoms with Gasteiger partial charge in [-0.05, 0) is 45.7 Å². The molecule has 216 valence electrons. The molecular formula is C35H38N4O3. The fourth-order valence-electron chi connectivity index (χ4n) is 5.80. The molecule has 5 aromatic rings. The van der Waals surface area contributed by atoms with Crippen LogP contribution in [0.25, 0.3) is 10.8 Å². The van der Waals surface area contributed by atoms with Gasteiger partial charge in [0.2, 0.25) is 0 Å². The van der Waals surface area contributed by atoms with E-state index in [0.717, 1.165) is 31.8 Å². The predicted molar refractivity (Wildman–Crippen MR) is 164 cm³/mol. The van der Waals surface area contributed by atoms with Crippen LogP contribution in [-0.4, -0.2) is 47.2 Å². The molecule has 1 saturated heterocycles. The molecule has 1 aromatic heterocycles. The molecule has 1 aliphatic heterocycles. The lowest BCUT2D eigenvalue weighted by atomic mass is 9.79. The van der Waals surface area contributed by atoms with Gasteiger partial charge in [0.05, 0.1) is 32.5 Å². The topological polar surface area (TPSA) is 70.4 Å². The molecule has 0 aliphatic carbocycles. The van der Waals surface area contributed by atoms with Crippen molar-refractivity contribution >= 4 is 10.8 Å². The maximum Gasteiger partial charge on any atom is 0.137 e. The van der Waals surface area contributed by atoms with Crippen molar-refractivity contribution in [2.75, 3.05) is 26.3 Å². The molecule has 0 saturated carbocycles. The van der Waals surface area contributed by atoms with Crippen LogP contribution in [0.2, 0.25) is 0 Å². The molecule has 1 fully saturated rings. The average molecular weight is 563 g/mol. The van der Waals surface area contributed by atoms with E-state index in [1.807, 2.05) is 22.9 Å². The van der Waals surface area contributed by atoms with E-state index in [1.165, 1.54) is 27.5 Å². The zero-order chi connectivity index (χ0) is 28.4. The first kappa shape index (κ1) is 28.1. The zero-order valence-corrected chi connectivity index (χ0v) is 23.8. The second-order valence-corrected chi connectivity index (χ2v) is 10.9. The number of hydrogen-bond donors (Lipinski definition) is 1. The Balaban J connectivity index is 1.08. The van der Waals surface area contributed by atoms with Gasteiger partial charge < -0.3 is 19.5 Å². The maximum absolute atomic E-state index is 6.65. The lowest BCUT2D eigenvalue weighted by Crippen LogP contribution is -2.48. The lowest BCUT2D eigenvalue weighted by Gasteiger charge is -2.39. The largest absolute Gasteiger partial charge is 0.494 e. The normalized spacial score (nSPS) is 18.7. The Kier molecular flexibility index (Phi) is 9.52. The van der Waals surface area contributed by atoms with Crippen LogP contribution in [-0.2, 0) is 29.2 Å². The number of piperidine rings is 1. The number of nitrogens with zero attached hydrogens (tertiary/aromatic N) is 3. The Morgan fingerprint density at radius 3 is 2.45 bits per heavy atom. The van der Waals surface area contributed by atoms with Crippen LogP contribution in [0.1, 0.15) is 29.0 Å². The number of nitrogens with one attached hydrogen (secondary N) is 1. The second-order valence-electron chi connectivity index (χ2n) is 10.9. The molecule has 0 radical (unpaired) electrons. The van der Waals surface area contributed by atoms with Gasteiger partial charge in [0.15, 0.2) is 0 Å². The molecule has 4 aromatic carbocycles. The first-order valence-corrected chi connectivity index (χ1v) is 14.8. The second kappa shape index (κ2) is 14.2. The number of ether oxygens (including phenoxy) is 3. The highest BCUT2D eigenvalue weighted by Crippen LogP contribution is 2.35. The van der Waals surface area contributed by atoms with Crippen molar-refractivity contribution < 1.29 is 14.2 Å². The van der Waals surface area contributed by atoms with E-state index in [2.05, 4.69) is 94.3 Å². The summed E-state index contributed by atoms with van der Waals surface area (Å²) < 4.78 is 20.4. The summed E-state index contributed by atoms with van der Waals surface area (Å²) in [4.78, 5) is 4.15. The van der Waals surface area contributed by atoms with Gasteiger partial charge in [0.1, 0.15) is 18.4 Å². The van der Waals surface area contributed by atoms with E-state index in [0.29, 0.717) is 32.3 Å². The molecular weight excluding hydrogens is 524 g/mol. The average Bonchev–Trinajstić information content (AvgIpc) is 3.56. The highest BCUT2D eigenvalue weighted by atomic mass is 16.5. The number of fused-ring (bicyclic) bond motifs is 1. The zero-order valence-electron chi connectivity index (χ0n) is 23.8. The SMILES string of the molecule is c1ccc(COCCCOc2ccc([C@H]3C(Cn4cncn4)CNC[C@@H]3OCc3ccc4ccccc4c3)cc2)cc1. The monoisotopic (exact) mass is 562 g/mol. The summed E-state index contributed by atoms with van der Waals surface area (Å²) in [6.45, 7) is 4.95. The van der Waals surface area contributed by atoms with Crippen molar-refractivity contribution in [2.24, 2.45) is 5.92 Å². The van der Waals surface area contributed by atoms with E-state index in [9.17, 15) is 0 Å². The summed E-state index contributed by atoms with van der Waals surface area (Å²) in [6.07, 6.45) is 4.25. The first-order valence-electron chi connectivity index (χ1n) is 14.8. The van der Waals surface area contributed by atoms with Gasteiger partial charge in [-0.15, -0.1) is 0 Å². The first-order chi connectivity index (χ1) is 20.8. The van der Waals surface area contributed by atoms with Gasteiger partial charge >= 0.3 is 0 Å². The summed E-state index contributed by atoms with van der Waals surface area (Å²) >= 11 is 0. The van der Waals surface area contributed by atoms with Crippen LogP contribution in [0.15, 0.2) is 110 Å².